The zero-order valence-electron chi connectivity index (χ0n) is 14.0. The van der Waals surface area contributed by atoms with E-state index in [4.69, 9.17) is 11.6 Å². The number of carboxylic acids is 1. The summed E-state index contributed by atoms with van der Waals surface area (Å²) in [5, 5.41) is 22.3. The quantitative estimate of drug-likeness (QED) is 0.872. The normalized spacial score (nSPS) is 24.7. The van der Waals surface area contributed by atoms with Crippen LogP contribution in [0, 0.1) is 11.8 Å². The molecule has 1 aromatic heterocycles. The molecule has 0 radical (unpaired) electrons. The number of rotatable bonds is 4. The highest BCUT2D eigenvalue weighted by atomic mass is 35.5. The summed E-state index contributed by atoms with van der Waals surface area (Å²) in [7, 11) is 0. The van der Waals surface area contributed by atoms with Gasteiger partial charge in [-0.2, -0.15) is 4.80 Å². The number of carbonyl (C=O) groups is 2. The molecule has 1 aliphatic heterocycles. The van der Waals surface area contributed by atoms with Crippen molar-refractivity contribution >= 4 is 23.5 Å². The number of hydrogen-bond acceptors (Lipinski definition) is 5. The smallest absolute Gasteiger partial charge is 0.326 e. The Balaban J connectivity index is 1.48. The Hall–Kier alpha value is -2.48. The molecule has 2 aromatic rings. The van der Waals surface area contributed by atoms with E-state index in [1.807, 2.05) is 0 Å². The van der Waals surface area contributed by atoms with Crippen LogP contribution >= 0.6 is 11.6 Å². The molecule has 26 heavy (non-hydrogen) atoms. The molecule has 1 aromatic carbocycles. The third kappa shape index (κ3) is 3.05. The molecular formula is C17H18ClN5O3. The lowest BCUT2D eigenvalue weighted by molar-refractivity contribution is -0.150. The number of likely N-dealkylation sites (tertiary alicyclic amines) is 1. The minimum Gasteiger partial charge on any atom is -0.480 e. The Labute approximate surface area is 154 Å². The Morgan fingerprint density at radius 1 is 1.23 bits per heavy atom. The van der Waals surface area contributed by atoms with Crippen molar-refractivity contribution in [2.24, 2.45) is 11.8 Å². The van der Waals surface area contributed by atoms with Crippen LogP contribution in [-0.4, -0.2) is 54.7 Å². The molecule has 2 aliphatic rings. The number of tetrazole rings is 1. The first-order valence-electron chi connectivity index (χ1n) is 8.59. The minimum atomic E-state index is -0.929. The monoisotopic (exact) mass is 375 g/mol. The highest BCUT2D eigenvalue weighted by molar-refractivity contribution is 6.30. The van der Waals surface area contributed by atoms with E-state index in [2.05, 4.69) is 15.4 Å². The average Bonchev–Trinajstić information content (AvgIpc) is 3.29. The van der Waals surface area contributed by atoms with Gasteiger partial charge in [0.05, 0.1) is 0 Å². The van der Waals surface area contributed by atoms with Gasteiger partial charge in [0, 0.05) is 17.1 Å². The summed E-state index contributed by atoms with van der Waals surface area (Å²) in [5.41, 5.74) is 0.743. The molecule has 9 heteroatoms. The summed E-state index contributed by atoms with van der Waals surface area (Å²) >= 11 is 5.87. The average molecular weight is 376 g/mol. The summed E-state index contributed by atoms with van der Waals surface area (Å²) in [5.74, 6) is -0.478. The van der Waals surface area contributed by atoms with Crippen LogP contribution in [-0.2, 0) is 16.1 Å². The SMILES string of the molecule is O=C(O)C1C2CCCC2CN1C(=O)Cn1nnc(-c2ccc(Cl)cc2)n1. The fourth-order valence-corrected chi connectivity index (χ4v) is 4.24. The number of fused-ring (bicyclic) bond motifs is 1. The molecule has 1 saturated carbocycles. The first-order chi connectivity index (χ1) is 12.5. The van der Waals surface area contributed by atoms with Crippen LogP contribution in [0.5, 0.6) is 0 Å². The lowest BCUT2D eigenvalue weighted by Gasteiger charge is -2.24. The number of benzene rings is 1. The minimum absolute atomic E-state index is 0.0600. The maximum atomic E-state index is 12.7. The van der Waals surface area contributed by atoms with Gasteiger partial charge in [-0.25, -0.2) is 4.79 Å². The Kier molecular flexibility index (Phi) is 4.36. The highest BCUT2D eigenvalue weighted by Crippen LogP contribution is 2.42. The van der Waals surface area contributed by atoms with Crippen LogP contribution in [0.25, 0.3) is 11.4 Å². The largest absolute Gasteiger partial charge is 0.480 e. The van der Waals surface area contributed by atoms with Gasteiger partial charge in [0.2, 0.25) is 11.7 Å². The van der Waals surface area contributed by atoms with Gasteiger partial charge in [0.15, 0.2) is 0 Å². The van der Waals surface area contributed by atoms with Gasteiger partial charge in [0.1, 0.15) is 12.6 Å². The van der Waals surface area contributed by atoms with Gasteiger partial charge in [-0.05, 0) is 54.2 Å². The van der Waals surface area contributed by atoms with Gasteiger partial charge >= 0.3 is 5.97 Å². The third-order valence-electron chi connectivity index (χ3n) is 5.30. The van der Waals surface area contributed by atoms with E-state index < -0.39 is 12.0 Å². The molecule has 8 nitrogen and oxygen atoms in total. The lowest BCUT2D eigenvalue weighted by atomic mass is 9.94. The van der Waals surface area contributed by atoms with E-state index in [0.29, 0.717) is 17.4 Å². The van der Waals surface area contributed by atoms with Gasteiger partial charge in [-0.3, -0.25) is 4.79 Å². The van der Waals surface area contributed by atoms with Gasteiger partial charge in [-0.15, -0.1) is 10.2 Å². The summed E-state index contributed by atoms with van der Waals surface area (Å²) in [6.45, 7) is 0.378. The number of halogens is 1. The van der Waals surface area contributed by atoms with Crippen molar-refractivity contribution in [2.75, 3.05) is 6.54 Å². The fraction of sp³-hybridized carbons (Fsp3) is 0.471. The van der Waals surface area contributed by atoms with Crippen molar-refractivity contribution in [3.05, 3.63) is 29.3 Å². The number of aliphatic carboxylic acids is 1. The number of carbonyl (C=O) groups excluding carboxylic acids is 1. The number of hydrogen-bond donors (Lipinski definition) is 1. The molecule has 3 unspecified atom stereocenters. The Morgan fingerprint density at radius 3 is 2.73 bits per heavy atom. The van der Waals surface area contributed by atoms with Crippen molar-refractivity contribution in [2.45, 2.75) is 31.8 Å². The zero-order valence-corrected chi connectivity index (χ0v) is 14.7. The molecule has 1 aliphatic carbocycles. The summed E-state index contributed by atoms with van der Waals surface area (Å²) < 4.78 is 0. The molecule has 1 saturated heterocycles. The van der Waals surface area contributed by atoms with Gasteiger partial charge < -0.3 is 10.0 Å². The standard InChI is InChI=1S/C17H18ClN5O3/c18-12-6-4-10(5-7-12)16-19-21-23(20-16)9-14(24)22-8-11-2-1-3-13(11)15(22)17(25)26/h4-7,11,13,15H,1-3,8-9H2,(H,25,26). The van der Waals surface area contributed by atoms with Crippen LogP contribution in [0.1, 0.15) is 19.3 Å². The molecule has 0 bridgehead atoms. The highest BCUT2D eigenvalue weighted by Gasteiger charge is 2.49. The second kappa shape index (κ2) is 6.68. The lowest BCUT2D eigenvalue weighted by Crippen LogP contribution is -2.44. The molecule has 2 heterocycles. The van der Waals surface area contributed by atoms with Crippen LogP contribution in [0.3, 0.4) is 0 Å². The number of aromatic nitrogens is 4. The Bertz CT molecular complexity index is 837. The zero-order chi connectivity index (χ0) is 18.3. The van der Waals surface area contributed by atoms with E-state index >= 15 is 0 Å². The molecular weight excluding hydrogens is 358 g/mol. The molecule has 3 atom stereocenters. The molecule has 1 N–H and O–H groups in total. The number of amides is 1. The van der Waals surface area contributed by atoms with E-state index in [-0.39, 0.29) is 24.3 Å². The molecule has 1 amide bonds. The maximum absolute atomic E-state index is 12.7. The second-order valence-electron chi connectivity index (χ2n) is 6.83. The second-order valence-corrected chi connectivity index (χ2v) is 7.27. The summed E-state index contributed by atoms with van der Waals surface area (Å²) in [6.07, 6.45) is 2.89. The maximum Gasteiger partial charge on any atom is 0.326 e. The summed E-state index contributed by atoms with van der Waals surface area (Å²) in [6, 6.07) is 6.25. The third-order valence-corrected chi connectivity index (χ3v) is 5.55. The Morgan fingerprint density at radius 2 is 2.00 bits per heavy atom. The predicted molar refractivity (Wildman–Crippen MR) is 92.2 cm³/mol. The van der Waals surface area contributed by atoms with Crippen molar-refractivity contribution in [3.8, 4) is 11.4 Å². The van der Waals surface area contributed by atoms with Crippen LogP contribution in [0.2, 0.25) is 5.02 Å². The van der Waals surface area contributed by atoms with Crippen LogP contribution in [0.15, 0.2) is 24.3 Å². The van der Waals surface area contributed by atoms with Crippen molar-refractivity contribution < 1.29 is 14.7 Å². The molecule has 0 spiro atoms. The fourth-order valence-electron chi connectivity index (χ4n) is 4.12. The van der Waals surface area contributed by atoms with Gasteiger partial charge in [0.25, 0.3) is 0 Å². The van der Waals surface area contributed by atoms with Gasteiger partial charge in [-0.1, -0.05) is 18.0 Å². The van der Waals surface area contributed by atoms with Crippen molar-refractivity contribution in [1.82, 2.24) is 25.1 Å². The molecule has 136 valence electrons. The van der Waals surface area contributed by atoms with Crippen LogP contribution < -0.4 is 0 Å². The van der Waals surface area contributed by atoms with E-state index in [0.717, 1.165) is 24.8 Å². The van der Waals surface area contributed by atoms with E-state index in [1.54, 1.807) is 24.3 Å². The van der Waals surface area contributed by atoms with Crippen molar-refractivity contribution in [3.63, 3.8) is 0 Å². The van der Waals surface area contributed by atoms with E-state index in [1.165, 1.54) is 9.70 Å². The molecule has 2 fully saturated rings. The number of nitrogens with zero attached hydrogens (tertiary/aromatic N) is 5. The van der Waals surface area contributed by atoms with E-state index in [9.17, 15) is 14.7 Å². The predicted octanol–water partition coefficient (Wildman–Crippen LogP) is 1.71. The first-order valence-corrected chi connectivity index (χ1v) is 8.97. The van der Waals surface area contributed by atoms with Crippen molar-refractivity contribution in [1.29, 1.82) is 0 Å². The summed E-state index contributed by atoms with van der Waals surface area (Å²) in [4.78, 5) is 27.0. The topological polar surface area (TPSA) is 101 Å². The first kappa shape index (κ1) is 17.0. The molecule has 4 rings (SSSR count). The number of carboxylic acid groups (broad SMARTS) is 1. The van der Waals surface area contributed by atoms with Crippen LogP contribution in [0.4, 0.5) is 0 Å².